The molecule has 13 nitrogen and oxygen atoms in total. The summed E-state index contributed by atoms with van der Waals surface area (Å²) in [4.78, 5) is 31.1. The molecule has 0 spiro atoms. The summed E-state index contributed by atoms with van der Waals surface area (Å²) in [5.41, 5.74) is 11.7. The molecule has 0 aliphatic rings. The Balaban J connectivity index is 0.000000771. The Bertz CT molecular complexity index is 1380. The van der Waals surface area contributed by atoms with Crippen LogP contribution in [0.1, 0.15) is 82.3 Å². The fourth-order valence-corrected chi connectivity index (χ4v) is 4.27. The quantitative estimate of drug-likeness (QED) is 0.0241. The largest absolute Gasteiger partial charge is 0.508 e. The summed E-state index contributed by atoms with van der Waals surface area (Å²) < 4.78 is 0. The summed E-state index contributed by atoms with van der Waals surface area (Å²) in [6.07, 6.45) is 23.8. The number of hydrogen-bond acceptors (Lipinski definition) is 10. The third-order valence-electron chi connectivity index (χ3n) is 7.13. The van der Waals surface area contributed by atoms with Gasteiger partial charge in [0.2, 0.25) is 0 Å². The highest BCUT2D eigenvalue weighted by Gasteiger charge is 2.14. The molecule has 13 heteroatoms. The van der Waals surface area contributed by atoms with Crippen molar-refractivity contribution in [2.75, 3.05) is 0 Å². The Kier molecular flexibility index (Phi) is 24.7. The number of nitrogens with two attached hydrogens (primary N) is 2. The Labute approximate surface area is 299 Å². The van der Waals surface area contributed by atoms with E-state index in [9.17, 15) is 19.5 Å². The van der Waals surface area contributed by atoms with Crippen LogP contribution < -0.4 is 11.5 Å². The van der Waals surface area contributed by atoms with E-state index in [4.69, 9.17) is 47.2 Å². The first kappa shape index (κ1) is 45.7. The summed E-state index contributed by atoms with van der Waals surface area (Å²) >= 11 is 0. The zero-order valence-corrected chi connectivity index (χ0v) is 29.1. The van der Waals surface area contributed by atoms with Crippen molar-refractivity contribution < 1.29 is 55.2 Å². The van der Waals surface area contributed by atoms with E-state index in [0.717, 1.165) is 18.9 Å². The van der Waals surface area contributed by atoms with Crippen LogP contribution >= 0.6 is 0 Å². The van der Waals surface area contributed by atoms with Gasteiger partial charge in [-0.1, -0.05) is 94.7 Å². The van der Waals surface area contributed by atoms with Gasteiger partial charge in [-0.3, -0.25) is 9.59 Å². The highest BCUT2D eigenvalue weighted by Crippen LogP contribution is 2.26. The molecule has 0 saturated heterocycles. The minimum Gasteiger partial charge on any atom is -0.508 e. The number of rotatable bonds is 20. The number of aliphatic carboxylic acids is 3. The van der Waals surface area contributed by atoms with E-state index in [1.807, 2.05) is 6.08 Å². The van der Waals surface area contributed by atoms with Crippen LogP contribution in [0.4, 0.5) is 0 Å². The minimum absolute atomic E-state index is 0.114. The molecular formula is C38H54N2O11. The number of unbranched alkanes of at least 4 members (excludes halogenated alkanes) is 9. The molecule has 51 heavy (non-hydrogen) atoms. The van der Waals surface area contributed by atoms with E-state index in [0.29, 0.717) is 11.1 Å². The van der Waals surface area contributed by atoms with Gasteiger partial charge in [-0.25, -0.2) is 4.79 Å². The average molecular weight is 715 g/mol. The van der Waals surface area contributed by atoms with Crippen molar-refractivity contribution in [1.82, 2.24) is 0 Å². The second-order valence-electron chi connectivity index (χ2n) is 11.6. The first-order valence-electron chi connectivity index (χ1n) is 16.8. The van der Waals surface area contributed by atoms with Gasteiger partial charge in [0.15, 0.2) is 23.0 Å². The molecule has 0 saturated carbocycles. The van der Waals surface area contributed by atoms with Crippen molar-refractivity contribution >= 4 is 17.9 Å². The van der Waals surface area contributed by atoms with Crippen LogP contribution in [0.15, 0.2) is 84.7 Å². The van der Waals surface area contributed by atoms with E-state index < -0.39 is 30.0 Å². The molecule has 0 unspecified atom stereocenters. The van der Waals surface area contributed by atoms with Gasteiger partial charge >= 0.3 is 17.9 Å². The molecule has 2 aromatic carbocycles. The predicted molar refractivity (Wildman–Crippen MR) is 196 cm³/mol. The Morgan fingerprint density at radius 1 is 0.588 bits per heavy atom. The number of allylic oxidation sites excluding steroid dienone is 6. The number of hydrogen-bond donors (Lipinski definition) is 10. The van der Waals surface area contributed by atoms with Crippen molar-refractivity contribution in [3.63, 3.8) is 0 Å². The van der Waals surface area contributed by atoms with Crippen molar-refractivity contribution in [1.29, 1.82) is 0 Å². The molecule has 0 heterocycles. The van der Waals surface area contributed by atoms with Crippen LogP contribution in [0.2, 0.25) is 0 Å². The van der Waals surface area contributed by atoms with Crippen molar-refractivity contribution in [3.05, 3.63) is 95.8 Å². The molecule has 0 aromatic heterocycles. The molecule has 2 aromatic rings. The van der Waals surface area contributed by atoms with Crippen molar-refractivity contribution in [2.24, 2.45) is 11.5 Å². The summed E-state index contributed by atoms with van der Waals surface area (Å²) in [6, 6.07) is 6.18. The van der Waals surface area contributed by atoms with Gasteiger partial charge in [0, 0.05) is 6.08 Å². The van der Waals surface area contributed by atoms with Crippen molar-refractivity contribution in [3.8, 4) is 23.0 Å². The maximum Gasteiger partial charge on any atom is 0.328 e. The Morgan fingerprint density at radius 2 is 1.00 bits per heavy atom. The second kappa shape index (κ2) is 27.5. The van der Waals surface area contributed by atoms with E-state index in [1.54, 1.807) is 24.3 Å². The van der Waals surface area contributed by atoms with Crippen LogP contribution in [0.5, 0.6) is 23.0 Å². The van der Waals surface area contributed by atoms with Gasteiger partial charge in [0.25, 0.3) is 0 Å². The zero-order valence-electron chi connectivity index (χ0n) is 29.1. The monoisotopic (exact) mass is 714 g/mol. The molecular weight excluding hydrogens is 660 g/mol. The second-order valence-corrected chi connectivity index (χ2v) is 11.6. The maximum atomic E-state index is 10.4. The summed E-state index contributed by atoms with van der Waals surface area (Å²) in [7, 11) is 0. The molecule has 282 valence electrons. The minimum atomic E-state index is -1.10. The molecule has 0 radical (unpaired) electrons. The van der Waals surface area contributed by atoms with Gasteiger partial charge in [-0.15, -0.1) is 0 Å². The molecule has 0 amide bonds. The summed E-state index contributed by atoms with van der Waals surface area (Å²) in [5.74, 6) is -3.94. The smallest absolute Gasteiger partial charge is 0.328 e. The van der Waals surface area contributed by atoms with Gasteiger partial charge < -0.3 is 52.3 Å². The first-order valence-corrected chi connectivity index (χ1v) is 16.8. The van der Waals surface area contributed by atoms with Crippen LogP contribution in [0, 0.1) is 0 Å². The molecule has 0 aliphatic carbocycles. The predicted octanol–water partition coefficient (Wildman–Crippen LogP) is 6.21. The summed E-state index contributed by atoms with van der Waals surface area (Å²) in [6.45, 7) is 2.24. The normalized spacial score (nSPS) is 12.6. The number of carbonyl (C=O) groups is 3. The Hall–Kier alpha value is -5.27. The lowest BCUT2D eigenvalue weighted by Gasteiger charge is -2.06. The topological polar surface area (TPSA) is 265 Å². The number of carboxylic acid groups (broad SMARTS) is 3. The van der Waals surface area contributed by atoms with Crippen LogP contribution in [-0.2, 0) is 27.2 Å². The highest BCUT2D eigenvalue weighted by molar-refractivity contribution is 5.80. The molecule has 2 atom stereocenters. The summed E-state index contributed by atoms with van der Waals surface area (Å²) in [5, 5.41) is 71.3. The molecule has 0 fully saturated rings. The van der Waals surface area contributed by atoms with E-state index in [2.05, 4.69) is 6.92 Å². The molecule has 12 N–H and O–H groups in total. The average Bonchev–Trinajstić information content (AvgIpc) is 3.07. The van der Waals surface area contributed by atoms with Gasteiger partial charge in [0.05, 0.1) is 0 Å². The third kappa shape index (κ3) is 24.5. The lowest BCUT2D eigenvalue weighted by atomic mass is 10.1. The lowest BCUT2D eigenvalue weighted by molar-refractivity contribution is -0.139. The van der Waals surface area contributed by atoms with Gasteiger partial charge in [-0.05, 0) is 73.2 Å². The number of phenolic OH excluding ortho intramolecular Hbond substituents is 4. The third-order valence-corrected chi connectivity index (χ3v) is 7.13. The van der Waals surface area contributed by atoms with E-state index in [1.165, 1.54) is 93.8 Å². The zero-order chi connectivity index (χ0) is 38.6. The van der Waals surface area contributed by atoms with Crippen molar-refractivity contribution in [2.45, 2.75) is 96.1 Å². The standard InChI is InChI=1S/C20H32O3.2C9H11NO4/c1-2-3-4-5-6-7-8-9-10-13-16-19(21)17-14-11-12-15-18-20(22)23;2*10-6(9(13)14)3-5-1-2-7(11)8(12)4-5/h11-12,14-18,21H,2-10,13H2,1H3,(H,22,23);2*1-2,4,6,11-12H,3,10H2,(H,13,14)/t;2*6-/m.00/s1. The fourth-order valence-electron chi connectivity index (χ4n) is 4.27. The number of aliphatic hydroxyl groups is 1. The Morgan fingerprint density at radius 3 is 1.39 bits per heavy atom. The molecule has 2 rings (SSSR count). The molecule has 0 aliphatic heterocycles. The first-order chi connectivity index (χ1) is 24.2. The van der Waals surface area contributed by atoms with Gasteiger partial charge in [0.1, 0.15) is 17.8 Å². The number of carboxylic acids is 3. The van der Waals surface area contributed by atoms with Gasteiger partial charge in [-0.2, -0.15) is 0 Å². The SMILES string of the molecule is CCCCCCCCCCCC=C(O)C=CC=CC=CC(=O)O.N[C@@H](Cc1ccc(O)c(O)c1)C(=O)O.N[C@@H](Cc1ccc(O)c(O)c1)C(=O)O. The number of phenols is 4. The molecule has 0 bridgehead atoms. The van der Waals surface area contributed by atoms with Crippen LogP contribution in [0.25, 0.3) is 0 Å². The number of aromatic hydroxyl groups is 4. The van der Waals surface area contributed by atoms with E-state index in [-0.39, 0.29) is 41.6 Å². The van der Waals surface area contributed by atoms with Crippen LogP contribution in [0.3, 0.4) is 0 Å². The fraction of sp³-hybridized carbons (Fsp3) is 0.395. The highest BCUT2D eigenvalue weighted by atomic mass is 16.4. The maximum absolute atomic E-state index is 10.4. The lowest BCUT2D eigenvalue weighted by Crippen LogP contribution is -2.32. The van der Waals surface area contributed by atoms with E-state index >= 15 is 0 Å². The number of benzene rings is 2. The number of aliphatic hydroxyl groups excluding tert-OH is 1. The van der Waals surface area contributed by atoms with Crippen LogP contribution in [-0.4, -0.2) is 70.8 Å².